The number of carbonyl (C=O) groups excluding carboxylic acids is 1. The molecule has 0 spiro atoms. The first kappa shape index (κ1) is 14.1. The summed E-state index contributed by atoms with van der Waals surface area (Å²) in [4.78, 5) is 26.1. The molecule has 0 aliphatic heterocycles. The van der Waals surface area contributed by atoms with Crippen LogP contribution in [0.15, 0.2) is 53.3 Å². The second-order valence-corrected chi connectivity index (χ2v) is 5.03. The Hall–Kier alpha value is -2.82. The number of imidazole rings is 1. The zero-order valence-corrected chi connectivity index (χ0v) is 12.2. The van der Waals surface area contributed by atoms with E-state index in [0.717, 1.165) is 22.3 Å². The van der Waals surface area contributed by atoms with Crippen molar-refractivity contribution in [3.8, 4) is 5.69 Å². The lowest BCUT2D eigenvalue weighted by Crippen LogP contribution is -2.14. The third kappa shape index (κ3) is 2.65. The maximum atomic E-state index is 12.1. The third-order valence-corrected chi connectivity index (χ3v) is 3.63. The summed E-state index contributed by atoms with van der Waals surface area (Å²) in [6.07, 6.45) is 0.971. The molecule has 0 aliphatic carbocycles. The lowest BCUT2D eigenvalue weighted by Gasteiger charge is -2.05. The fraction of sp³-hybridized carbons (Fsp3) is 0.176. The Bertz CT molecular complexity index is 859. The first-order valence-corrected chi connectivity index (χ1v) is 7.05. The van der Waals surface area contributed by atoms with Gasteiger partial charge in [0.05, 0.1) is 23.8 Å². The van der Waals surface area contributed by atoms with E-state index < -0.39 is 0 Å². The highest BCUT2D eigenvalue weighted by Crippen LogP contribution is 2.16. The maximum absolute atomic E-state index is 12.1. The Morgan fingerprint density at radius 1 is 1.14 bits per heavy atom. The number of nitrogens with zero attached hydrogens (tertiary/aromatic N) is 1. The van der Waals surface area contributed by atoms with Gasteiger partial charge in [0.2, 0.25) is 0 Å². The molecule has 1 N–H and O–H groups in total. The zero-order chi connectivity index (χ0) is 15.5. The van der Waals surface area contributed by atoms with E-state index in [2.05, 4.69) is 9.72 Å². The number of aromatic amines is 1. The van der Waals surface area contributed by atoms with Crippen LogP contribution in [0.4, 0.5) is 0 Å². The van der Waals surface area contributed by atoms with Gasteiger partial charge in [-0.2, -0.15) is 0 Å². The van der Waals surface area contributed by atoms with Crippen molar-refractivity contribution >= 4 is 17.0 Å². The lowest BCUT2D eigenvalue weighted by atomic mass is 10.1. The number of carbonyl (C=O) groups is 1. The molecule has 0 unspecified atom stereocenters. The van der Waals surface area contributed by atoms with Crippen LogP contribution in [0.25, 0.3) is 16.7 Å². The second-order valence-electron chi connectivity index (χ2n) is 5.03. The van der Waals surface area contributed by atoms with Crippen LogP contribution in [0.2, 0.25) is 0 Å². The molecule has 5 heteroatoms. The van der Waals surface area contributed by atoms with Crippen molar-refractivity contribution < 1.29 is 9.53 Å². The van der Waals surface area contributed by atoms with Crippen molar-refractivity contribution in [3.05, 3.63) is 64.6 Å². The van der Waals surface area contributed by atoms with E-state index >= 15 is 0 Å². The Labute approximate surface area is 127 Å². The number of methoxy groups -OCH3 is 1. The smallest absolute Gasteiger partial charge is 0.331 e. The quantitative estimate of drug-likeness (QED) is 0.752. The molecule has 0 atom stereocenters. The number of aryl methyl sites for hydroxylation is 1. The summed E-state index contributed by atoms with van der Waals surface area (Å²) in [6.45, 7) is 0. The molecule has 0 saturated heterocycles. The summed E-state index contributed by atoms with van der Waals surface area (Å²) < 4.78 is 6.27. The Morgan fingerprint density at radius 2 is 1.86 bits per heavy atom. The molecule has 0 bridgehead atoms. The van der Waals surface area contributed by atoms with Crippen molar-refractivity contribution in [2.24, 2.45) is 0 Å². The van der Waals surface area contributed by atoms with Gasteiger partial charge >= 0.3 is 11.7 Å². The minimum absolute atomic E-state index is 0.163. The lowest BCUT2D eigenvalue weighted by molar-refractivity contribution is -0.140. The number of hydrogen-bond donors (Lipinski definition) is 1. The van der Waals surface area contributed by atoms with E-state index in [9.17, 15) is 9.59 Å². The average molecular weight is 296 g/mol. The van der Waals surface area contributed by atoms with Gasteiger partial charge in [0, 0.05) is 6.42 Å². The third-order valence-electron chi connectivity index (χ3n) is 3.63. The van der Waals surface area contributed by atoms with Gasteiger partial charge < -0.3 is 9.72 Å². The van der Waals surface area contributed by atoms with Gasteiger partial charge in [-0.05, 0) is 36.2 Å². The van der Waals surface area contributed by atoms with E-state index in [1.165, 1.54) is 7.11 Å². The number of para-hydroxylation sites is 2. The van der Waals surface area contributed by atoms with Gasteiger partial charge in [0.25, 0.3) is 0 Å². The molecule has 3 aromatic rings. The number of fused-ring (bicyclic) bond motifs is 1. The number of esters is 1. The molecular weight excluding hydrogens is 280 g/mol. The number of aromatic nitrogens is 2. The van der Waals surface area contributed by atoms with Crippen molar-refractivity contribution in [1.82, 2.24) is 9.55 Å². The highest BCUT2D eigenvalue weighted by Gasteiger charge is 2.08. The van der Waals surface area contributed by atoms with Crippen molar-refractivity contribution in [1.29, 1.82) is 0 Å². The number of benzene rings is 2. The predicted octanol–water partition coefficient (Wildman–Crippen LogP) is 2.42. The highest BCUT2D eigenvalue weighted by atomic mass is 16.5. The van der Waals surface area contributed by atoms with Crippen LogP contribution in [0.3, 0.4) is 0 Å². The summed E-state index contributed by atoms with van der Waals surface area (Å²) >= 11 is 0. The maximum Gasteiger partial charge on any atom is 0.331 e. The van der Waals surface area contributed by atoms with Crippen LogP contribution >= 0.6 is 0 Å². The molecule has 1 aromatic heterocycles. The Morgan fingerprint density at radius 3 is 2.59 bits per heavy atom. The number of nitrogens with one attached hydrogen (secondary N) is 1. The first-order valence-electron chi connectivity index (χ1n) is 7.05. The minimum Gasteiger partial charge on any atom is -0.469 e. The molecule has 0 fully saturated rings. The normalized spacial score (nSPS) is 10.8. The van der Waals surface area contributed by atoms with Gasteiger partial charge in [-0.1, -0.05) is 24.3 Å². The average Bonchev–Trinajstić information content (AvgIpc) is 2.89. The van der Waals surface area contributed by atoms with Crippen molar-refractivity contribution in [3.63, 3.8) is 0 Å². The number of hydrogen-bond acceptors (Lipinski definition) is 3. The van der Waals surface area contributed by atoms with Crippen LogP contribution < -0.4 is 5.69 Å². The summed E-state index contributed by atoms with van der Waals surface area (Å²) in [5, 5.41) is 0. The summed E-state index contributed by atoms with van der Waals surface area (Å²) in [6, 6.07) is 15.2. The molecule has 112 valence electrons. The van der Waals surface area contributed by atoms with Gasteiger partial charge in [0.15, 0.2) is 0 Å². The number of rotatable bonds is 4. The van der Waals surface area contributed by atoms with Gasteiger partial charge in [-0.3, -0.25) is 9.36 Å². The zero-order valence-electron chi connectivity index (χ0n) is 12.2. The topological polar surface area (TPSA) is 64.1 Å². The first-order chi connectivity index (χ1) is 10.7. The summed E-state index contributed by atoms with van der Waals surface area (Å²) in [7, 11) is 1.38. The van der Waals surface area contributed by atoms with Crippen LogP contribution in [0, 0.1) is 0 Å². The molecule has 0 saturated carbocycles. The Kier molecular flexibility index (Phi) is 3.78. The molecule has 5 nitrogen and oxygen atoms in total. The highest BCUT2D eigenvalue weighted by molar-refractivity contribution is 5.77. The van der Waals surface area contributed by atoms with Gasteiger partial charge in [-0.15, -0.1) is 0 Å². The summed E-state index contributed by atoms with van der Waals surface area (Å²) in [5.74, 6) is -0.225. The molecule has 0 aliphatic rings. The molecular formula is C17H16N2O3. The van der Waals surface area contributed by atoms with Crippen LogP contribution in [-0.2, 0) is 16.0 Å². The fourth-order valence-corrected chi connectivity index (χ4v) is 2.47. The molecule has 0 radical (unpaired) electrons. The van der Waals surface area contributed by atoms with Crippen molar-refractivity contribution in [2.45, 2.75) is 12.8 Å². The monoisotopic (exact) mass is 296 g/mol. The van der Waals surface area contributed by atoms with E-state index in [0.29, 0.717) is 12.8 Å². The van der Waals surface area contributed by atoms with Crippen LogP contribution in [0.5, 0.6) is 0 Å². The van der Waals surface area contributed by atoms with Crippen molar-refractivity contribution in [2.75, 3.05) is 7.11 Å². The second kappa shape index (κ2) is 5.89. The van der Waals surface area contributed by atoms with E-state index in [4.69, 9.17) is 0 Å². The van der Waals surface area contributed by atoms with E-state index in [1.54, 1.807) is 4.57 Å². The molecule has 2 aromatic carbocycles. The van der Waals surface area contributed by atoms with Crippen LogP contribution in [0.1, 0.15) is 12.0 Å². The molecule has 1 heterocycles. The molecule has 22 heavy (non-hydrogen) atoms. The molecule has 0 amide bonds. The standard InChI is InChI=1S/C17H16N2O3/c1-22-16(20)11-8-12-6-9-13(10-7-12)19-15-5-3-2-4-14(15)18-17(19)21/h2-7,9-10H,8,11H2,1H3,(H,18,21). The minimum atomic E-state index is -0.225. The van der Waals surface area contributed by atoms with E-state index in [1.807, 2.05) is 48.5 Å². The van der Waals surface area contributed by atoms with Gasteiger partial charge in [-0.25, -0.2) is 4.79 Å². The number of ether oxygens (including phenoxy) is 1. The SMILES string of the molecule is COC(=O)CCc1ccc(-n2c(=O)[nH]c3ccccc32)cc1. The van der Waals surface area contributed by atoms with Gasteiger partial charge in [0.1, 0.15) is 0 Å². The molecule has 3 rings (SSSR count). The van der Waals surface area contributed by atoms with Crippen LogP contribution in [-0.4, -0.2) is 22.6 Å². The number of H-pyrrole nitrogens is 1. The van der Waals surface area contributed by atoms with E-state index in [-0.39, 0.29) is 11.7 Å². The largest absolute Gasteiger partial charge is 0.469 e. The Balaban J connectivity index is 1.90. The predicted molar refractivity (Wildman–Crippen MR) is 84.2 cm³/mol. The summed E-state index contributed by atoms with van der Waals surface area (Å²) in [5.41, 5.74) is 3.31. The fourth-order valence-electron chi connectivity index (χ4n) is 2.47.